The van der Waals surface area contributed by atoms with Gasteiger partial charge in [0.1, 0.15) is 6.61 Å². The molecule has 6 heteroatoms. The Kier molecular flexibility index (Phi) is 6.00. The van der Waals surface area contributed by atoms with Crippen molar-refractivity contribution in [2.45, 2.75) is 83.8 Å². The molecule has 0 aromatic carbocycles. The van der Waals surface area contributed by atoms with Gasteiger partial charge in [-0.15, -0.1) is 0 Å². The van der Waals surface area contributed by atoms with Gasteiger partial charge >= 0.3 is 5.97 Å². The molecule has 3 saturated carbocycles. The van der Waals surface area contributed by atoms with E-state index in [-0.39, 0.29) is 35.4 Å². The van der Waals surface area contributed by atoms with Gasteiger partial charge in [-0.2, -0.15) is 0 Å². The minimum Gasteiger partial charge on any atom is -0.450 e. The number of ketones is 2. The van der Waals surface area contributed by atoms with E-state index in [1.54, 1.807) is 12.2 Å². The average Bonchev–Trinajstić information content (AvgIpc) is 3.04. The van der Waals surface area contributed by atoms with Crippen LogP contribution in [0.1, 0.15) is 72.1 Å². The number of fused-ring (bicyclic) bond motifs is 5. The summed E-state index contributed by atoms with van der Waals surface area (Å²) in [5.74, 6) is -0.675. The Bertz CT molecular complexity index is 874. The highest BCUT2D eigenvalue weighted by atomic mass is 16.6. The summed E-state index contributed by atoms with van der Waals surface area (Å²) in [6, 6.07) is 0. The second kappa shape index (κ2) is 8.21. The lowest BCUT2D eigenvalue weighted by molar-refractivity contribution is -0.200. The number of hydrogen-bond donors (Lipinski definition) is 2. The van der Waals surface area contributed by atoms with Crippen molar-refractivity contribution in [2.24, 2.45) is 28.6 Å². The summed E-state index contributed by atoms with van der Waals surface area (Å²) in [4.78, 5) is 37.8. The van der Waals surface area contributed by atoms with Crippen molar-refractivity contribution in [3.05, 3.63) is 23.8 Å². The lowest BCUT2D eigenvalue weighted by Gasteiger charge is -2.59. The molecule has 0 heterocycles. The van der Waals surface area contributed by atoms with Gasteiger partial charge in [-0.25, -0.2) is 0 Å². The Morgan fingerprint density at radius 1 is 1.25 bits per heavy atom. The molecule has 0 saturated heterocycles. The van der Waals surface area contributed by atoms with E-state index >= 15 is 0 Å². The summed E-state index contributed by atoms with van der Waals surface area (Å²) in [6.07, 6.45) is 9.42. The van der Waals surface area contributed by atoms with E-state index in [0.717, 1.165) is 31.3 Å². The smallest absolute Gasteiger partial charge is 0.306 e. The Labute approximate surface area is 190 Å². The SMILES string of the molecule is CCCCC(=O)O[C@@]1(C(=O)CO)CC[C@@H]2[C@H]3CCC4=CC(=O)C=C[C@]4(C)[C@@H]3[C@@H](O)C[C@]21C. The molecule has 4 rings (SSSR count). The first-order valence-electron chi connectivity index (χ1n) is 12.1. The van der Waals surface area contributed by atoms with E-state index in [0.29, 0.717) is 19.3 Å². The fourth-order valence-electron chi connectivity index (χ4n) is 7.69. The monoisotopic (exact) mass is 444 g/mol. The Balaban J connectivity index is 1.70. The normalized spacial score (nSPS) is 42.5. The van der Waals surface area contributed by atoms with Crippen molar-refractivity contribution in [3.8, 4) is 0 Å². The van der Waals surface area contributed by atoms with Crippen LogP contribution in [0, 0.1) is 28.6 Å². The van der Waals surface area contributed by atoms with Gasteiger partial charge in [0, 0.05) is 23.2 Å². The Hall–Kier alpha value is -1.79. The predicted molar refractivity (Wildman–Crippen MR) is 118 cm³/mol. The van der Waals surface area contributed by atoms with Crippen LogP contribution in [0.15, 0.2) is 23.8 Å². The van der Waals surface area contributed by atoms with Crippen molar-refractivity contribution in [1.82, 2.24) is 0 Å². The number of unbranched alkanes of at least 4 members (excludes halogenated alkanes) is 1. The highest BCUT2D eigenvalue weighted by Crippen LogP contribution is 2.67. The van der Waals surface area contributed by atoms with Gasteiger partial charge in [-0.05, 0) is 62.5 Å². The first-order chi connectivity index (χ1) is 15.1. The van der Waals surface area contributed by atoms with Crippen molar-refractivity contribution in [3.63, 3.8) is 0 Å². The van der Waals surface area contributed by atoms with Crippen LogP contribution in [0.5, 0.6) is 0 Å². The number of esters is 1. The molecule has 0 unspecified atom stereocenters. The second-order valence-corrected chi connectivity index (χ2v) is 10.7. The van der Waals surface area contributed by atoms with Gasteiger partial charge in [0.25, 0.3) is 0 Å². The average molecular weight is 445 g/mol. The number of aliphatic hydroxyl groups is 2. The van der Waals surface area contributed by atoms with Gasteiger partial charge in [0.05, 0.1) is 6.10 Å². The molecule has 6 nitrogen and oxygen atoms in total. The zero-order chi connectivity index (χ0) is 23.3. The molecule has 4 aliphatic rings. The zero-order valence-corrected chi connectivity index (χ0v) is 19.4. The van der Waals surface area contributed by atoms with E-state index in [9.17, 15) is 24.6 Å². The number of rotatable bonds is 6. The maximum Gasteiger partial charge on any atom is 0.306 e. The molecule has 0 aromatic heterocycles. The van der Waals surface area contributed by atoms with Gasteiger partial charge in [0.15, 0.2) is 11.4 Å². The summed E-state index contributed by atoms with van der Waals surface area (Å²) in [7, 11) is 0. The van der Waals surface area contributed by atoms with Crippen LogP contribution < -0.4 is 0 Å². The minimum absolute atomic E-state index is 0.00141. The van der Waals surface area contributed by atoms with E-state index in [2.05, 4.69) is 6.92 Å². The Morgan fingerprint density at radius 3 is 2.69 bits per heavy atom. The van der Waals surface area contributed by atoms with Crippen LogP contribution in [0.25, 0.3) is 0 Å². The van der Waals surface area contributed by atoms with Crippen LogP contribution >= 0.6 is 0 Å². The minimum atomic E-state index is -1.39. The topological polar surface area (TPSA) is 101 Å². The first-order valence-corrected chi connectivity index (χ1v) is 12.1. The molecule has 0 bridgehead atoms. The number of hydrogen-bond acceptors (Lipinski definition) is 6. The molecule has 3 fully saturated rings. The highest BCUT2D eigenvalue weighted by Gasteiger charge is 2.70. The molecule has 0 radical (unpaired) electrons. The maximum absolute atomic E-state index is 13.1. The van der Waals surface area contributed by atoms with Crippen molar-refractivity contribution in [1.29, 1.82) is 0 Å². The summed E-state index contributed by atoms with van der Waals surface area (Å²) < 4.78 is 5.97. The molecule has 32 heavy (non-hydrogen) atoms. The van der Waals surface area contributed by atoms with Crippen molar-refractivity contribution in [2.75, 3.05) is 6.61 Å². The van der Waals surface area contributed by atoms with Gasteiger partial charge < -0.3 is 14.9 Å². The van der Waals surface area contributed by atoms with Crippen LogP contribution in [0.4, 0.5) is 0 Å². The summed E-state index contributed by atoms with van der Waals surface area (Å²) in [6.45, 7) is 5.39. The van der Waals surface area contributed by atoms with Crippen LogP contribution in [0.2, 0.25) is 0 Å². The maximum atomic E-state index is 13.1. The summed E-state index contributed by atoms with van der Waals surface area (Å²) >= 11 is 0. The van der Waals surface area contributed by atoms with E-state index in [1.165, 1.54) is 0 Å². The third-order valence-corrected chi connectivity index (χ3v) is 9.23. The van der Waals surface area contributed by atoms with Gasteiger partial charge in [0.2, 0.25) is 5.78 Å². The summed E-state index contributed by atoms with van der Waals surface area (Å²) in [5, 5.41) is 21.3. The number of carbonyl (C=O) groups excluding carboxylic acids is 3. The Morgan fingerprint density at radius 2 is 2.00 bits per heavy atom. The lowest BCUT2D eigenvalue weighted by atomic mass is 9.46. The second-order valence-electron chi connectivity index (χ2n) is 10.7. The predicted octanol–water partition coefficient (Wildman–Crippen LogP) is 3.30. The summed E-state index contributed by atoms with van der Waals surface area (Å²) in [5.41, 5.74) is -1.43. The van der Waals surface area contributed by atoms with Crippen molar-refractivity contribution >= 4 is 17.5 Å². The standard InChI is InChI=1S/C26H36O6/c1-4-5-6-22(31)32-26(21(30)15-27)12-10-19-18-8-7-16-13-17(28)9-11-24(16,2)23(18)20(29)14-25(19,26)3/h9,11,13,18-20,23,27,29H,4-8,10,12,14-15H2,1-3H3/t18-,19-,20+,23+,24+,25-,26-/m1/s1. The van der Waals surface area contributed by atoms with Crippen LogP contribution in [-0.2, 0) is 19.1 Å². The van der Waals surface area contributed by atoms with E-state index < -0.39 is 35.5 Å². The van der Waals surface area contributed by atoms with Crippen LogP contribution in [0.3, 0.4) is 0 Å². The number of Topliss-reactive ketones (excluding diaryl/α,β-unsaturated/α-hetero) is 1. The third-order valence-electron chi connectivity index (χ3n) is 9.23. The lowest BCUT2D eigenvalue weighted by Crippen LogP contribution is -2.63. The molecular weight excluding hydrogens is 408 g/mol. The largest absolute Gasteiger partial charge is 0.450 e. The number of carbonyl (C=O) groups is 3. The van der Waals surface area contributed by atoms with E-state index in [1.807, 2.05) is 19.9 Å². The van der Waals surface area contributed by atoms with E-state index in [4.69, 9.17) is 4.74 Å². The zero-order valence-electron chi connectivity index (χ0n) is 19.4. The molecule has 2 N–H and O–H groups in total. The molecule has 0 amide bonds. The fourth-order valence-corrected chi connectivity index (χ4v) is 7.69. The molecule has 0 aliphatic heterocycles. The third kappa shape index (κ3) is 3.25. The number of allylic oxidation sites excluding steroid dienone is 4. The van der Waals surface area contributed by atoms with Gasteiger partial charge in [-0.1, -0.05) is 38.8 Å². The molecule has 0 spiro atoms. The van der Waals surface area contributed by atoms with Crippen molar-refractivity contribution < 1.29 is 29.3 Å². The van der Waals surface area contributed by atoms with Gasteiger partial charge in [-0.3, -0.25) is 14.4 Å². The fraction of sp³-hybridized carbons (Fsp3) is 0.731. The molecule has 0 aromatic rings. The molecule has 4 aliphatic carbocycles. The molecule has 176 valence electrons. The highest BCUT2D eigenvalue weighted by molar-refractivity contribution is 6.01. The first kappa shape index (κ1) is 23.4. The molecule has 7 atom stereocenters. The number of aliphatic hydroxyl groups excluding tert-OH is 2. The molecular formula is C26H36O6. The number of ether oxygens (including phenoxy) is 1. The quantitative estimate of drug-likeness (QED) is 0.610. The van der Waals surface area contributed by atoms with Crippen LogP contribution in [-0.4, -0.2) is 46.1 Å².